The summed E-state index contributed by atoms with van der Waals surface area (Å²) in [5.41, 5.74) is 5.76. The molecule has 0 spiro atoms. The highest BCUT2D eigenvalue weighted by Gasteiger charge is 2.54. The average molecular weight is 398 g/mol. The molecule has 0 aromatic rings. The van der Waals surface area contributed by atoms with Gasteiger partial charge in [0, 0.05) is 37.5 Å². The van der Waals surface area contributed by atoms with Crippen molar-refractivity contribution in [1.29, 1.82) is 0 Å². The first-order valence-electron chi connectivity index (χ1n) is 10.8. The predicted molar refractivity (Wildman–Crippen MR) is 108 cm³/mol. The lowest BCUT2D eigenvalue weighted by Crippen LogP contribution is -2.54. The van der Waals surface area contributed by atoms with Gasteiger partial charge < -0.3 is 16.0 Å². The Morgan fingerprint density at radius 2 is 1.67 bits per heavy atom. The molecule has 2 atom stereocenters. The van der Waals surface area contributed by atoms with Gasteiger partial charge in [-0.15, -0.1) is 12.4 Å². The van der Waals surface area contributed by atoms with Crippen molar-refractivity contribution in [2.75, 3.05) is 19.6 Å². The Bertz CT molecular complexity index is 532. The molecule has 0 aromatic carbocycles. The molecular formula is C21H36ClN3O2. The fourth-order valence-electron chi connectivity index (χ4n) is 6.81. The molecular weight excluding hydrogens is 362 g/mol. The second kappa shape index (κ2) is 8.28. The van der Waals surface area contributed by atoms with Crippen LogP contribution in [0.4, 0.5) is 0 Å². The number of hydrogen-bond donors (Lipinski definition) is 2. The van der Waals surface area contributed by atoms with E-state index < -0.39 is 0 Å². The minimum atomic E-state index is -0.113. The molecule has 5 aliphatic rings. The average Bonchev–Trinajstić information content (AvgIpc) is 2.60. The number of nitrogens with one attached hydrogen (secondary N) is 1. The van der Waals surface area contributed by atoms with Gasteiger partial charge in [0.15, 0.2) is 0 Å². The Morgan fingerprint density at radius 3 is 2.22 bits per heavy atom. The Labute approximate surface area is 169 Å². The van der Waals surface area contributed by atoms with E-state index in [-0.39, 0.29) is 35.7 Å². The zero-order valence-corrected chi connectivity index (χ0v) is 17.4. The molecule has 1 aliphatic heterocycles. The monoisotopic (exact) mass is 397 g/mol. The fourth-order valence-corrected chi connectivity index (χ4v) is 6.81. The van der Waals surface area contributed by atoms with Crippen LogP contribution in [0.1, 0.15) is 64.7 Å². The van der Waals surface area contributed by atoms with Gasteiger partial charge >= 0.3 is 0 Å². The van der Waals surface area contributed by atoms with Gasteiger partial charge in [0.1, 0.15) is 0 Å². The molecule has 4 bridgehead atoms. The number of hydrogen-bond acceptors (Lipinski definition) is 3. The van der Waals surface area contributed by atoms with Crippen LogP contribution < -0.4 is 11.1 Å². The molecule has 27 heavy (non-hydrogen) atoms. The highest BCUT2D eigenvalue weighted by Crippen LogP contribution is 2.60. The van der Waals surface area contributed by atoms with Crippen molar-refractivity contribution in [3.8, 4) is 0 Å². The molecule has 0 aromatic heterocycles. The van der Waals surface area contributed by atoms with Crippen molar-refractivity contribution in [3.05, 3.63) is 0 Å². The number of carbonyl (C=O) groups is 2. The Morgan fingerprint density at radius 1 is 1.07 bits per heavy atom. The molecule has 3 N–H and O–H groups in total. The molecule has 0 radical (unpaired) electrons. The van der Waals surface area contributed by atoms with E-state index in [1.807, 2.05) is 4.90 Å². The van der Waals surface area contributed by atoms with Gasteiger partial charge in [0.25, 0.3) is 0 Å². The lowest BCUT2D eigenvalue weighted by Gasteiger charge is -2.55. The molecule has 4 saturated carbocycles. The number of nitrogens with zero attached hydrogens (tertiary/aromatic N) is 1. The van der Waals surface area contributed by atoms with E-state index in [2.05, 4.69) is 12.2 Å². The standard InChI is InChI=1S/C21H35N3O2.ClH/c1-14-3-5-24(18(6-14)13-22)19(25)2-4-23-20(26)21-10-15-7-16(11-21)9-17(8-15)12-21;/h14-18H,2-13,22H2,1H3,(H,23,26);1H. The van der Waals surface area contributed by atoms with Crippen molar-refractivity contribution in [2.45, 2.75) is 70.8 Å². The number of rotatable bonds is 5. The Balaban J connectivity index is 0.00000210. The maximum atomic E-state index is 13.0. The summed E-state index contributed by atoms with van der Waals surface area (Å²) < 4.78 is 0. The summed E-state index contributed by atoms with van der Waals surface area (Å²) in [7, 11) is 0. The molecule has 2 amide bonds. The van der Waals surface area contributed by atoms with Crippen LogP contribution in [0.3, 0.4) is 0 Å². The van der Waals surface area contributed by atoms with Crippen LogP contribution in [0.2, 0.25) is 0 Å². The lowest BCUT2D eigenvalue weighted by atomic mass is 9.49. The van der Waals surface area contributed by atoms with Crippen molar-refractivity contribution in [1.82, 2.24) is 10.2 Å². The summed E-state index contributed by atoms with van der Waals surface area (Å²) in [6.07, 6.45) is 9.75. The van der Waals surface area contributed by atoms with E-state index in [0.29, 0.717) is 25.4 Å². The number of carbonyl (C=O) groups excluding carboxylic acids is 2. The SMILES string of the molecule is CC1CCN(C(=O)CCNC(=O)C23CC4CC(CC(C4)C2)C3)C(CN)C1.Cl. The van der Waals surface area contributed by atoms with Crippen molar-refractivity contribution >= 4 is 24.2 Å². The summed E-state index contributed by atoms with van der Waals surface area (Å²) in [6, 6.07) is 0.171. The smallest absolute Gasteiger partial charge is 0.226 e. The summed E-state index contributed by atoms with van der Waals surface area (Å²) >= 11 is 0. The van der Waals surface area contributed by atoms with Gasteiger partial charge in [-0.1, -0.05) is 6.92 Å². The molecule has 5 fully saturated rings. The summed E-state index contributed by atoms with van der Waals surface area (Å²) in [4.78, 5) is 27.5. The minimum absolute atomic E-state index is 0. The molecule has 6 heteroatoms. The topological polar surface area (TPSA) is 75.4 Å². The summed E-state index contributed by atoms with van der Waals surface area (Å²) in [5.74, 6) is 3.34. The third-order valence-electron chi connectivity index (χ3n) is 7.71. The number of piperidine rings is 1. The van der Waals surface area contributed by atoms with E-state index in [0.717, 1.165) is 56.4 Å². The highest BCUT2D eigenvalue weighted by molar-refractivity contribution is 5.85. The molecule has 4 aliphatic carbocycles. The minimum Gasteiger partial charge on any atom is -0.355 e. The first-order valence-corrected chi connectivity index (χ1v) is 10.8. The molecule has 154 valence electrons. The fraction of sp³-hybridized carbons (Fsp3) is 0.905. The predicted octanol–water partition coefficient (Wildman–Crippen LogP) is 2.72. The third kappa shape index (κ3) is 4.14. The Kier molecular flexibility index (Phi) is 6.41. The van der Waals surface area contributed by atoms with Gasteiger partial charge in [-0.3, -0.25) is 9.59 Å². The van der Waals surface area contributed by atoms with Crippen LogP contribution in [-0.4, -0.2) is 42.4 Å². The Hall–Kier alpha value is -0.810. The molecule has 5 rings (SSSR count). The highest BCUT2D eigenvalue weighted by atomic mass is 35.5. The molecule has 5 nitrogen and oxygen atoms in total. The van der Waals surface area contributed by atoms with E-state index in [1.54, 1.807) is 0 Å². The van der Waals surface area contributed by atoms with Crippen LogP contribution in [0.15, 0.2) is 0 Å². The van der Waals surface area contributed by atoms with E-state index in [1.165, 1.54) is 19.3 Å². The van der Waals surface area contributed by atoms with Crippen LogP contribution in [0.25, 0.3) is 0 Å². The first-order chi connectivity index (χ1) is 12.5. The number of nitrogens with two attached hydrogens (primary N) is 1. The molecule has 2 unspecified atom stereocenters. The van der Waals surface area contributed by atoms with Gasteiger partial charge in [-0.25, -0.2) is 0 Å². The van der Waals surface area contributed by atoms with Gasteiger partial charge in [-0.2, -0.15) is 0 Å². The van der Waals surface area contributed by atoms with Crippen LogP contribution in [0, 0.1) is 29.1 Å². The van der Waals surface area contributed by atoms with E-state index in [9.17, 15) is 9.59 Å². The van der Waals surface area contributed by atoms with E-state index >= 15 is 0 Å². The number of halogens is 1. The van der Waals surface area contributed by atoms with Crippen LogP contribution in [0.5, 0.6) is 0 Å². The maximum Gasteiger partial charge on any atom is 0.226 e. The third-order valence-corrected chi connectivity index (χ3v) is 7.71. The zero-order valence-electron chi connectivity index (χ0n) is 16.6. The van der Waals surface area contributed by atoms with Crippen molar-refractivity contribution in [3.63, 3.8) is 0 Å². The van der Waals surface area contributed by atoms with Gasteiger partial charge in [0.05, 0.1) is 0 Å². The maximum absolute atomic E-state index is 13.0. The van der Waals surface area contributed by atoms with Crippen molar-refractivity contribution < 1.29 is 9.59 Å². The number of amides is 2. The second-order valence-electron chi connectivity index (χ2n) is 9.81. The quantitative estimate of drug-likeness (QED) is 0.748. The van der Waals surface area contributed by atoms with Gasteiger partial charge in [-0.05, 0) is 75.0 Å². The first kappa shape index (κ1) is 20.9. The van der Waals surface area contributed by atoms with Crippen molar-refractivity contribution in [2.24, 2.45) is 34.8 Å². The van der Waals surface area contributed by atoms with Crippen LogP contribution in [-0.2, 0) is 9.59 Å². The largest absolute Gasteiger partial charge is 0.355 e. The van der Waals surface area contributed by atoms with Crippen LogP contribution >= 0.6 is 12.4 Å². The molecule has 1 saturated heterocycles. The summed E-state index contributed by atoms with van der Waals surface area (Å²) in [6.45, 7) is 4.06. The normalized spacial score (nSPS) is 39.8. The lowest BCUT2D eigenvalue weighted by molar-refractivity contribution is -0.146. The zero-order chi connectivity index (χ0) is 18.3. The molecule has 1 heterocycles. The summed E-state index contributed by atoms with van der Waals surface area (Å²) in [5, 5.41) is 3.13. The number of likely N-dealkylation sites (tertiary alicyclic amines) is 1. The van der Waals surface area contributed by atoms with E-state index in [4.69, 9.17) is 5.73 Å². The second-order valence-corrected chi connectivity index (χ2v) is 9.81. The van der Waals surface area contributed by atoms with Gasteiger partial charge in [0.2, 0.25) is 11.8 Å².